The van der Waals surface area contributed by atoms with E-state index in [2.05, 4.69) is 4.74 Å². The van der Waals surface area contributed by atoms with Gasteiger partial charge in [0.15, 0.2) is 6.61 Å². The second-order valence-electron chi connectivity index (χ2n) is 5.13. The first-order valence-electron chi connectivity index (χ1n) is 7.20. The smallest absolute Gasteiger partial charge is 0.405 e. The Bertz CT molecular complexity index is 758. The normalized spacial score (nSPS) is 12.2. The number of amides is 1. The van der Waals surface area contributed by atoms with E-state index >= 15 is 0 Å². The fraction of sp³-hybridized carbons (Fsp3) is 0.333. The predicted octanol–water partition coefficient (Wildman–Crippen LogP) is 1.11. The number of carbonyl (C=O) groups excluding carboxylic acids is 2. The summed E-state index contributed by atoms with van der Waals surface area (Å²) in [6.07, 6.45) is -3.27. The fourth-order valence-corrected chi connectivity index (χ4v) is 2.25. The number of hydrogen-bond acceptors (Lipinski definition) is 5. The monoisotopic (exact) mass is 394 g/mol. The van der Waals surface area contributed by atoms with Gasteiger partial charge in [-0.2, -0.15) is 13.2 Å². The summed E-state index contributed by atoms with van der Waals surface area (Å²) in [7, 11) is -3.93. The zero-order chi connectivity index (χ0) is 19.8. The van der Waals surface area contributed by atoms with Gasteiger partial charge in [-0.1, -0.05) is 29.8 Å². The number of esters is 1. The highest BCUT2D eigenvalue weighted by Gasteiger charge is 2.27. The molecular formula is C15H17F3N2O5S. The molecule has 0 radical (unpaired) electrons. The third kappa shape index (κ3) is 9.79. The number of halogens is 3. The molecular weight excluding hydrogens is 377 g/mol. The van der Waals surface area contributed by atoms with E-state index in [4.69, 9.17) is 0 Å². The second-order valence-corrected chi connectivity index (χ2v) is 6.78. The fourth-order valence-electron chi connectivity index (χ4n) is 1.50. The van der Waals surface area contributed by atoms with E-state index in [9.17, 15) is 31.2 Å². The van der Waals surface area contributed by atoms with Crippen LogP contribution in [0.4, 0.5) is 13.2 Å². The molecule has 144 valence electrons. The minimum absolute atomic E-state index is 0.630. The molecule has 0 spiro atoms. The summed E-state index contributed by atoms with van der Waals surface area (Å²) in [4.78, 5) is 22.4. The average Bonchev–Trinajstić information content (AvgIpc) is 2.55. The lowest BCUT2D eigenvalue weighted by molar-refractivity contribution is -0.150. The van der Waals surface area contributed by atoms with Gasteiger partial charge < -0.3 is 10.1 Å². The van der Waals surface area contributed by atoms with Crippen molar-refractivity contribution in [2.75, 3.05) is 19.7 Å². The van der Waals surface area contributed by atoms with Gasteiger partial charge in [-0.3, -0.25) is 9.59 Å². The molecule has 1 aromatic carbocycles. The van der Waals surface area contributed by atoms with Crippen molar-refractivity contribution < 1.29 is 35.9 Å². The van der Waals surface area contributed by atoms with Crippen LogP contribution in [0.5, 0.6) is 0 Å². The largest absolute Gasteiger partial charge is 0.455 e. The SMILES string of the molecule is Cc1ccc(C=CS(=O)(=O)NCC(=O)OCC(=O)NCC(F)(F)F)cc1. The lowest BCUT2D eigenvalue weighted by atomic mass is 10.2. The summed E-state index contributed by atoms with van der Waals surface area (Å²) in [5, 5.41) is 2.35. The Morgan fingerprint density at radius 1 is 1.19 bits per heavy atom. The van der Waals surface area contributed by atoms with Gasteiger partial charge in [0.2, 0.25) is 10.0 Å². The van der Waals surface area contributed by atoms with Crippen molar-refractivity contribution in [2.24, 2.45) is 0 Å². The highest BCUT2D eigenvalue weighted by Crippen LogP contribution is 2.11. The second kappa shape index (κ2) is 9.34. The summed E-state index contributed by atoms with van der Waals surface area (Å²) in [6.45, 7) is -1.40. The van der Waals surface area contributed by atoms with E-state index in [1.807, 2.05) is 11.6 Å². The Labute approximate surface area is 148 Å². The molecule has 0 unspecified atom stereocenters. The molecule has 0 saturated heterocycles. The van der Waals surface area contributed by atoms with Crippen LogP contribution >= 0.6 is 0 Å². The number of hydrogen-bond donors (Lipinski definition) is 2. The van der Waals surface area contributed by atoms with Gasteiger partial charge in [-0.15, -0.1) is 0 Å². The Kier molecular flexibility index (Phi) is 7.77. The van der Waals surface area contributed by atoms with Gasteiger partial charge in [0.05, 0.1) is 0 Å². The first-order chi connectivity index (χ1) is 12.0. The van der Waals surface area contributed by atoms with Crippen molar-refractivity contribution in [2.45, 2.75) is 13.1 Å². The third-order valence-electron chi connectivity index (χ3n) is 2.78. The van der Waals surface area contributed by atoms with E-state index < -0.39 is 47.8 Å². The molecule has 0 saturated carbocycles. The molecule has 0 fully saturated rings. The number of ether oxygens (including phenoxy) is 1. The summed E-state index contributed by atoms with van der Waals surface area (Å²) in [6, 6.07) is 6.99. The van der Waals surface area contributed by atoms with Crippen molar-refractivity contribution in [1.29, 1.82) is 0 Å². The zero-order valence-corrected chi connectivity index (χ0v) is 14.5. The predicted molar refractivity (Wildman–Crippen MR) is 87.2 cm³/mol. The molecule has 0 aliphatic carbocycles. The minimum Gasteiger partial charge on any atom is -0.455 e. The number of sulfonamides is 1. The van der Waals surface area contributed by atoms with Crippen LogP contribution in [-0.4, -0.2) is 46.2 Å². The molecule has 0 aromatic heterocycles. The maximum absolute atomic E-state index is 11.9. The zero-order valence-electron chi connectivity index (χ0n) is 13.7. The Balaban J connectivity index is 2.38. The topological polar surface area (TPSA) is 102 Å². The molecule has 0 atom stereocenters. The van der Waals surface area contributed by atoms with Gasteiger partial charge in [0.1, 0.15) is 13.1 Å². The maximum atomic E-state index is 11.9. The average molecular weight is 394 g/mol. The quantitative estimate of drug-likeness (QED) is 0.643. The van der Waals surface area contributed by atoms with Crippen LogP contribution in [0.3, 0.4) is 0 Å². The van der Waals surface area contributed by atoms with Crippen LogP contribution in [0.2, 0.25) is 0 Å². The van der Waals surface area contributed by atoms with Crippen molar-refractivity contribution in [3.8, 4) is 0 Å². The van der Waals surface area contributed by atoms with Gasteiger partial charge in [-0.05, 0) is 18.6 Å². The lowest BCUT2D eigenvalue weighted by Gasteiger charge is -2.09. The molecule has 0 aliphatic heterocycles. The molecule has 11 heteroatoms. The van der Waals surface area contributed by atoms with Gasteiger partial charge in [-0.25, -0.2) is 13.1 Å². The Morgan fingerprint density at radius 2 is 1.81 bits per heavy atom. The highest BCUT2D eigenvalue weighted by atomic mass is 32.2. The van der Waals surface area contributed by atoms with Crippen LogP contribution in [0, 0.1) is 6.92 Å². The Morgan fingerprint density at radius 3 is 2.38 bits per heavy atom. The number of nitrogens with one attached hydrogen (secondary N) is 2. The number of alkyl halides is 3. The van der Waals surface area contributed by atoms with Crippen LogP contribution in [0.1, 0.15) is 11.1 Å². The molecule has 7 nitrogen and oxygen atoms in total. The first kappa shape index (κ1) is 21.6. The van der Waals surface area contributed by atoms with Crippen LogP contribution in [0.25, 0.3) is 6.08 Å². The van der Waals surface area contributed by atoms with Crippen molar-refractivity contribution >= 4 is 28.0 Å². The molecule has 0 heterocycles. The molecule has 1 amide bonds. The number of aryl methyl sites for hydroxylation is 1. The van der Waals surface area contributed by atoms with Crippen LogP contribution in [0.15, 0.2) is 29.7 Å². The summed E-state index contributed by atoms with van der Waals surface area (Å²) >= 11 is 0. The maximum Gasteiger partial charge on any atom is 0.405 e. The molecule has 26 heavy (non-hydrogen) atoms. The lowest BCUT2D eigenvalue weighted by Crippen LogP contribution is -2.37. The van der Waals surface area contributed by atoms with Crippen molar-refractivity contribution in [3.05, 3.63) is 40.8 Å². The Hall–Kier alpha value is -2.40. The number of rotatable bonds is 8. The van der Waals surface area contributed by atoms with Crippen molar-refractivity contribution in [1.82, 2.24) is 10.0 Å². The van der Waals surface area contributed by atoms with E-state index in [1.54, 1.807) is 24.3 Å². The van der Waals surface area contributed by atoms with Crippen molar-refractivity contribution in [3.63, 3.8) is 0 Å². The first-order valence-corrected chi connectivity index (χ1v) is 8.75. The summed E-state index contributed by atoms with van der Waals surface area (Å²) in [5.74, 6) is -2.27. The molecule has 0 bridgehead atoms. The van der Waals surface area contributed by atoms with Gasteiger partial charge in [0.25, 0.3) is 5.91 Å². The molecule has 0 aliphatic rings. The number of carbonyl (C=O) groups is 2. The van der Waals surface area contributed by atoms with E-state index in [-0.39, 0.29) is 0 Å². The highest BCUT2D eigenvalue weighted by molar-refractivity contribution is 7.92. The van der Waals surface area contributed by atoms with E-state index in [1.165, 1.54) is 11.4 Å². The van der Waals surface area contributed by atoms with E-state index in [0.29, 0.717) is 5.56 Å². The molecule has 1 rings (SSSR count). The summed E-state index contributed by atoms with van der Waals surface area (Å²) in [5.41, 5.74) is 1.63. The standard InChI is InChI=1S/C15H17F3N2O5S/c1-11-2-4-12(5-3-11)6-7-26(23,24)20-8-14(22)25-9-13(21)19-10-15(16,17)18/h2-7,20H,8-10H2,1H3,(H,19,21). The van der Waals surface area contributed by atoms with Gasteiger partial charge >= 0.3 is 12.1 Å². The van der Waals surface area contributed by atoms with E-state index in [0.717, 1.165) is 11.0 Å². The summed E-state index contributed by atoms with van der Waals surface area (Å²) < 4.78 is 65.4. The van der Waals surface area contributed by atoms with Crippen LogP contribution < -0.4 is 10.0 Å². The van der Waals surface area contributed by atoms with Crippen LogP contribution in [-0.2, 0) is 24.3 Å². The third-order valence-corrected chi connectivity index (χ3v) is 3.83. The minimum atomic E-state index is -4.58. The molecule has 2 N–H and O–H groups in total. The number of benzene rings is 1. The van der Waals surface area contributed by atoms with Gasteiger partial charge in [0, 0.05) is 5.41 Å². The molecule has 1 aromatic rings.